The SMILES string of the molecule is CC(C)[C@H](NC(=O)OCC1c2ccccc2-c2ccccc21)C(=O)N[C@@H](CCCNC1OC1N)C(=O)Nc1ccc(COC(=O)N(C)CCN(C)C(=O)OC(C)(C)c2ccc(-c3ccccc3)cc2)cc1. The summed E-state index contributed by atoms with van der Waals surface area (Å²) in [6, 6.07) is 38.8. The molecule has 16 heteroatoms. The highest BCUT2D eigenvalue weighted by atomic mass is 16.6. The van der Waals surface area contributed by atoms with E-state index >= 15 is 0 Å². The van der Waals surface area contributed by atoms with Gasteiger partial charge in [-0.3, -0.25) is 14.9 Å². The minimum Gasteiger partial charge on any atom is -0.449 e. The Kier molecular flexibility index (Phi) is 17.1. The molecule has 5 amide bonds. The van der Waals surface area contributed by atoms with Gasteiger partial charge in [0.15, 0.2) is 0 Å². The Bertz CT molecular complexity index is 2580. The molecule has 5 aromatic carbocycles. The van der Waals surface area contributed by atoms with E-state index in [-0.39, 0.29) is 57.0 Å². The highest BCUT2D eigenvalue weighted by Gasteiger charge is 2.35. The van der Waals surface area contributed by atoms with Crippen molar-refractivity contribution in [1.82, 2.24) is 25.8 Å². The topological polar surface area (TPSA) is 206 Å². The van der Waals surface area contributed by atoms with Crippen LogP contribution in [0.3, 0.4) is 0 Å². The van der Waals surface area contributed by atoms with Crippen molar-refractivity contribution in [2.24, 2.45) is 11.7 Å². The smallest absolute Gasteiger partial charge is 0.410 e. The molecule has 1 aliphatic heterocycles. The third-order valence-electron chi connectivity index (χ3n) is 12.7. The summed E-state index contributed by atoms with van der Waals surface area (Å²) in [5.41, 5.74) is 13.3. The van der Waals surface area contributed by atoms with Gasteiger partial charge >= 0.3 is 18.3 Å². The summed E-state index contributed by atoms with van der Waals surface area (Å²) in [5, 5.41) is 11.6. The molecule has 0 spiro atoms. The van der Waals surface area contributed by atoms with Gasteiger partial charge in [0.2, 0.25) is 11.8 Å². The molecule has 1 aliphatic carbocycles. The molecule has 0 radical (unpaired) electrons. The van der Waals surface area contributed by atoms with Crippen LogP contribution in [0.1, 0.15) is 68.7 Å². The molecule has 374 valence electrons. The second-order valence-electron chi connectivity index (χ2n) is 18.8. The first-order chi connectivity index (χ1) is 34.1. The Hall–Kier alpha value is -7.27. The largest absolute Gasteiger partial charge is 0.449 e. The highest BCUT2D eigenvalue weighted by molar-refractivity contribution is 5.98. The van der Waals surface area contributed by atoms with Crippen LogP contribution in [0, 0.1) is 5.92 Å². The van der Waals surface area contributed by atoms with E-state index in [1.54, 1.807) is 52.2 Å². The van der Waals surface area contributed by atoms with E-state index in [0.29, 0.717) is 24.2 Å². The molecule has 1 fully saturated rings. The molecule has 71 heavy (non-hydrogen) atoms. The van der Waals surface area contributed by atoms with Crippen LogP contribution in [0.4, 0.5) is 20.1 Å². The second-order valence-corrected chi connectivity index (χ2v) is 18.8. The highest BCUT2D eigenvalue weighted by Crippen LogP contribution is 2.44. The maximum Gasteiger partial charge on any atom is 0.410 e. The lowest BCUT2D eigenvalue weighted by Crippen LogP contribution is -2.54. The number of amides is 5. The Balaban J connectivity index is 0.869. The van der Waals surface area contributed by atoms with Gasteiger partial charge in [-0.25, -0.2) is 14.4 Å². The molecule has 16 nitrogen and oxygen atoms in total. The maximum atomic E-state index is 13.9. The number of anilines is 1. The van der Waals surface area contributed by atoms with E-state index in [4.69, 9.17) is 24.7 Å². The Morgan fingerprint density at radius 2 is 1.28 bits per heavy atom. The van der Waals surface area contributed by atoms with Gasteiger partial charge in [0, 0.05) is 38.8 Å². The standard InChI is InChI=1S/C55H65N7O9/c1-35(2)47(60-52(65)68-34-45-43-19-12-10-17-41(43)42-18-11-13-20-44(42)45)50(64)59-46(21-14-30-57-51-48(56)70-51)49(63)58-40-28-22-36(23-29-40)33-69-53(66)61(5)31-32-62(6)54(67)71-55(3,4)39-26-24-38(25-27-39)37-15-8-7-9-16-37/h7-13,15-20,22-29,35,45-48,51,57H,14,21,30-34,56H2,1-6H3,(H,58,63)(H,59,64)(H,60,65)/t46-,47-,48?,51?/m0/s1. The van der Waals surface area contributed by atoms with E-state index in [2.05, 4.69) is 33.4 Å². The normalized spacial score (nSPS) is 15.6. The van der Waals surface area contributed by atoms with E-state index in [0.717, 1.165) is 38.9 Å². The number of epoxide rings is 1. The summed E-state index contributed by atoms with van der Waals surface area (Å²) < 4.78 is 22.4. The molecule has 7 rings (SSSR count). The number of nitrogens with one attached hydrogen (secondary N) is 4. The summed E-state index contributed by atoms with van der Waals surface area (Å²) >= 11 is 0. The van der Waals surface area contributed by atoms with Crippen LogP contribution in [0.5, 0.6) is 0 Å². The molecular weight excluding hydrogens is 903 g/mol. The number of nitrogens with two attached hydrogens (primary N) is 1. The molecule has 2 unspecified atom stereocenters. The summed E-state index contributed by atoms with van der Waals surface area (Å²) in [4.78, 5) is 69.7. The molecule has 6 N–H and O–H groups in total. The number of carbonyl (C=O) groups is 5. The summed E-state index contributed by atoms with van der Waals surface area (Å²) in [5.74, 6) is -1.49. The van der Waals surface area contributed by atoms with Crippen molar-refractivity contribution in [3.8, 4) is 22.3 Å². The zero-order chi connectivity index (χ0) is 50.7. The number of likely N-dealkylation sites (N-methyl/N-ethyl adjacent to an activating group) is 2. The third-order valence-corrected chi connectivity index (χ3v) is 12.7. The first-order valence-corrected chi connectivity index (χ1v) is 24.0. The zero-order valence-corrected chi connectivity index (χ0v) is 41.2. The number of alkyl carbamates (subject to hydrolysis) is 1. The van der Waals surface area contributed by atoms with Crippen molar-refractivity contribution < 1.29 is 42.9 Å². The van der Waals surface area contributed by atoms with Gasteiger partial charge in [-0.2, -0.15) is 0 Å². The van der Waals surface area contributed by atoms with Crippen LogP contribution < -0.4 is 27.0 Å². The Morgan fingerprint density at radius 3 is 1.89 bits per heavy atom. The number of ether oxygens (including phenoxy) is 4. The van der Waals surface area contributed by atoms with Gasteiger partial charge in [0.05, 0.1) is 0 Å². The van der Waals surface area contributed by atoms with Crippen molar-refractivity contribution in [3.05, 3.63) is 150 Å². The summed E-state index contributed by atoms with van der Waals surface area (Å²) in [6.45, 7) is 8.20. The van der Waals surface area contributed by atoms with Gasteiger partial charge in [-0.05, 0) is 95.8 Å². The molecule has 2 aliphatic rings. The van der Waals surface area contributed by atoms with E-state index < -0.39 is 47.8 Å². The third kappa shape index (κ3) is 13.7. The number of nitrogens with zero attached hydrogens (tertiary/aromatic N) is 2. The van der Waals surface area contributed by atoms with Gasteiger partial charge in [0.25, 0.3) is 0 Å². The number of hydrogen-bond acceptors (Lipinski definition) is 11. The quantitative estimate of drug-likeness (QED) is 0.0271. The second kappa shape index (κ2) is 23.6. The molecular formula is C55H65N7O9. The van der Waals surface area contributed by atoms with Crippen LogP contribution >= 0.6 is 0 Å². The molecule has 5 aromatic rings. The zero-order valence-electron chi connectivity index (χ0n) is 41.2. The molecule has 1 heterocycles. The summed E-state index contributed by atoms with van der Waals surface area (Å²) in [6.07, 6.45) is -1.72. The van der Waals surface area contributed by atoms with Gasteiger partial charge in [0.1, 0.15) is 43.4 Å². The number of rotatable bonds is 21. The minimum atomic E-state index is -0.997. The lowest BCUT2D eigenvalue weighted by molar-refractivity contribution is -0.128. The summed E-state index contributed by atoms with van der Waals surface area (Å²) in [7, 11) is 3.19. The number of benzene rings is 5. The lowest BCUT2D eigenvalue weighted by atomic mass is 9.95. The van der Waals surface area contributed by atoms with Crippen molar-refractivity contribution in [2.45, 2.75) is 83.2 Å². The molecule has 4 atom stereocenters. The lowest BCUT2D eigenvalue weighted by Gasteiger charge is -2.29. The van der Waals surface area contributed by atoms with Crippen molar-refractivity contribution >= 4 is 35.8 Å². The van der Waals surface area contributed by atoms with Crippen LogP contribution in [0.2, 0.25) is 0 Å². The molecule has 1 saturated heterocycles. The predicted molar refractivity (Wildman–Crippen MR) is 271 cm³/mol. The van der Waals surface area contributed by atoms with Gasteiger partial charge < -0.3 is 50.4 Å². The number of fused-ring (bicyclic) bond motifs is 3. The monoisotopic (exact) mass is 967 g/mol. The van der Waals surface area contributed by atoms with E-state index in [1.807, 2.05) is 105 Å². The van der Waals surface area contributed by atoms with Crippen LogP contribution in [0.15, 0.2) is 127 Å². The fourth-order valence-corrected chi connectivity index (χ4v) is 8.37. The Morgan fingerprint density at radius 1 is 0.704 bits per heavy atom. The first kappa shape index (κ1) is 51.6. The predicted octanol–water partition coefficient (Wildman–Crippen LogP) is 7.92. The fourth-order valence-electron chi connectivity index (χ4n) is 8.37. The van der Waals surface area contributed by atoms with Gasteiger partial charge in [-0.1, -0.05) is 129 Å². The van der Waals surface area contributed by atoms with E-state index in [1.165, 1.54) is 9.80 Å². The molecule has 0 bridgehead atoms. The number of carbonyl (C=O) groups excluding carboxylic acids is 5. The first-order valence-electron chi connectivity index (χ1n) is 24.0. The fraction of sp³-hybridized carbons (Fsp3) is 0.364. The van der Waals surface area contributed by atoms with Crippen molar-refractivity contribution in [3.63, 3.8) is 0 Å². The molecule has 0 aromatic heterocycles. The number of hydrogen-bond donors (Lipinski definition) is 5. The average molecular weight is 968 g/mol. The van der Waals surface area contributed by atoms with Crippen LogP contribution in [-0.4, -0.2) is 105 Å². The van der Waals surface area contributed by atoms with Crippen LogP contribution in [-0.2, 0) is 40.7 Å². The van der Waals surface area contributed by atoms with Crippen molar-refractivity contribution in [2.75, 3.05) is 45.7 Å². The minimum absolute atomic E-state index is 0.0418. The molecule has 0 saturated carbocycles. The maximum absolute atomic E-state index is 13.9. The van der Waals surface area contributed by atoms with Crippen molar-refractivity contribution in [1.29, 1.82) is 0 Å². The Labute approximate surface area is 415 Å². The van der Waals surface area contributed by atoms with E-state index in [9.17, 15) is 24.0 Å². The average Bonchev–Trinajstić information content (AvgIpc) is 3.99. The van der Waals surface area contributed by atoms with Crippen LogP contribution in [0.25, 0.3) is 22.3 Å². The van der Waals surface area contributed by atoms with Gasteiger partial charge in [-0.15, -0.1) is 0 Å².